The molecule has 0 unspecified atom stereocenters. The number of carbonyl (C=O) groups excluding carboxylic acids is 2. The first-order valence-electron chi connectivity index (χ1n) is 7.64. The Labute approximate surface area is 141 Å². The van der Waals surface area contributed by atoms with Crippen LogP contribution in [0.5, 0.6) is 0 Å². The Balaban J connectivity index is 2.08. The lowest BCUT2D eigenvalue weighted by molar-refractivity contribution is -0.116. The Hall–Kier alpha value is -2.73. The number of rotatable bonds is 5. The summed E-state index contributed by atoms with van der Waals surface area (Å²) in [7, 11) is 3.68. The highest BCUT2D eigenvalue weighted by molar-refractivity contribution is 6.05. The van der Waals surface area contributed by atoms with Crippen LogP contribution >= 0.6 is 0 Å². The number of carbonyl (C=O) groups is 2. The average Bonchev–Trinajstić information content (AvgIpc) is 2.49. The van der Waals surface area contributed by atoms with Gasteiger partial charge in [-0.05, 0) is 63.3 Å². The average molecular weight is 326 g/mol. The van der Waals surface area contributed by atoms with Gasteiger partial charge in [-0.15, -0.1) is 0 Å². The van der Waals surface area contributed by atoms with Crippen molar-refractivity contribution in [2.24, 2.45) is 0 Å². The van der Waals surface area contributed by atoms with Gasteiger partial charge in [-0.2, -0.15) is 0 Å². The van der Waals surface area contributed by atoms with Crippen LogP contribution in [-0.4, -0.2) is 42.3 Å². The molecule has 1 aromatic carbocycles. The van der Waals surface area contributed by atoms with E-state index in [1.54, 1.807) is 35.5 Å². The van der Waals surface area contributed by atoms with Crippen molar-refractivity contribution in [3.05, 3.63) is 53.3 Å². The van der Waals surface area contributed by atoms with Gasteiger partial charge in [-0.1, -0.05) is 0 Å². The molecule has 0 aliphatic rings. The second-order valence-electron chi connectivity index (χ2n) is 5.96. The fourth-order valence-corrected chi connectivity index (χ4v) is 2.26. The van der Waals surface area contributed by atoms with E-state index < -0.39 is 0 Å². The molecule has 0 radical (unpaired) electrons. The normalized spacial score (nSPS) is 10.5. The van der Waals surface area contributed by atoms with Crippen molar-refractivity contribution in [2.75, 3.05) is 31.3 Å². The van der Waals surface area contributed by atoms with Gasteiger partial charge < -0.3 is 15.5 Å². The maximum absolute atomic E-state index is 12.3. The van der Waals surface area contributed by atoms with Gasteiger partial charge in [0.15, 0.2) is 0 Å². The molecular weight excluding hydrogens is 304 g/mol. The minimum Gasteiger partial charge on any atom is -0.325 e. The number of amides is 2. The molecule has 2 N–H and O–H groups in total. The Morgan fingerprint density at radius 3 is 2.46 bits per heavy atom. The smallest absolute Gasteiger partial charge is 0.257 e. The van der Waals surface area contributed by atoms with Crippen molar-refractivity contribution in [1.82, 2.24) is 9.88 Å². The third-order valence-electron chi connectivity index (χ3n) is 3.50. The summed E-state index contributed by atoms with van der Waals surface area (Å²) in [6.07, 6.45) is 3.20. The van der Waals surface area contributed by atoms with Crippen LogP contribution in [0.2, 0.25) is 0 Å². The molecule has 0 atom stereocenters. The maximum atomic E-state index is 12.3. The summed E-state index contributed by atoms with van der Waals surface area (Å²) in [6, 6.07) is 7.18. The van der Waals surface area contributed by atoms with Crippen LogP contribution in [-0.2, 0) is 4.79 Å². The maximum Gasteiger partial charge on any atom is 0.257 e. The van der Waals surface area contributed by atoms with Crippen molar-refractivity contribution >= 4 is 23.2 Å². The van der Waals surface area contributed by atoms with Gasteiger partial charge in [0.25, 0.3) is 5.91 Å². The molecule has 1 heterocycles. The molecule has 6 heteroatoms. The van der Waals surface area contributed by atoms with Crippen LogP contribution in [0.15, 0.2) is 36.7 Å². The monoisotopic (exact) mass is 326 g/mol. The molecule has 2 amide bonds. The van der Waals surface area contributed by atoms with Crippen LogP contribution < -0.4 is 10.6 Å². The highest BCUT2D eigenvalue weighted by Gasteiger charge is 2.11. The molecular formula is C18H22N4O2. The van der Waals surface area contributed by atoms with Crippen LogP contribution in [0.4, 0.5) is 11.4 Å². The molecule has 6 nitrogen and oxygen atoms in total. The predicted molar refractivity (Wildman–Crippen MR) is 95.3 cm³/mol. The lowest BCUT2D eigenvalue weighted by Gasteiger charge is -2.13. The Morgan fingerprint density at radius 1 is 1.08 bits per heavy atom. The number of nitrogens with one attached hydrogen (secondary N) is 2. The van der Waals surface area contributed by atoms with E-state index in [1.807, 2.05) is 34.0 Å². The van der Waals surface area contributed by atoms with Gasteiger partial charge in [0, 0.05) is 23.8 Å². The fraction of sp³-hybridized carbons (Fsp3) is 0.278. The first-order valence-corrected chi connectivity index (χ1v) is 7.64. The van der Waals surface area contributed by atoms with E-state index in [9.17, 15) is 9.59 Å². The van der Waals surface area contributed by atoms with Crippen LogP contribution in [0, 0.1) is 13.8 Å². The lowest BCUT2D eigenvalue weighted by atomic mass is 10.1. The summed E-state index contributed by atoms with van der Waals surface area (Å²) in [5.41, 5.74) is 3.69. The summed E-state index contributed by atoms with van der Waals surface area (Å²) >= 11 is 0. The number of anilines is 2. The molecule has 0 bridgehead atoms. The van der Waals surface area contributed by atoms with Crippen LogP contribution in [0.3, 0.4) is 0 Å². The van der Waals surface area contributed by atoms with Crippen LogP contribution in [0.1, 0.15) is 21.5 Å². The van der Waals surface area contributed by atoms with Gasteiger partial charge in [0.1, 0.15) is 0 Å². The number of nitrogens with zero attached hydrogens (tertiary/aromatic N) is 2. The van der Waals surface area contributed by atoms with Gasteiger partial charge in [-0.3, -0.25) is 14.6 Å². The predicted octanol–water partition coefficient (Wildman–Crippen LogP) is 2.45. The second kappa shape index (κ2) is 7.70. The van der Waals surface area contributed by atoms with Gasteiger partial charge >= 0.3 is 0 Å². The zero-order valence-corrected chi connectivity index (χ0v) is 14.4. The number of benzene rings is 1. The number of aromatic nitrogens is 1. The summed E-state index contributed by atoms with van der Waals surface area (Å²) in [5, 5.41) is 5.71. The van der Waals surface area contributed by atoms with E-state index >= 15 is 0 Å². The third-order valence-corrected chi connectivity index (χ3v) is 3.50. The largest absolute Gasteiger partial charge is 0.325 e. The molecule has 0 aliphatic carbocycles. The molecule has 24 heavy (non-hydrogen) atoms. The first kappa shape index (κ1) is 17.6. The van der Waals surface area contributed by atoms with Crippen molar-refractivity contribution in [3.8, 4) is 0 Å². The van der Waals surface area contributed by atoms with Crippen molar-refractivity contribution in [1.29, 1.82) is 0 Å². The van der Waals surface area contributed by atoms with E-state index in [0.717, 1.165) is 16.8 Å². The van der Waals surface area contributed by atoms with E-state index in [0.29, 0.717) is 17.8 Å². The zero-order valence-electron chi connectivity index (χ0n) is 14.4. The molecule has 2 rings (SSSR count). The fourth-order valence-electron chi connectivity index (χ4n) is 2.26. The Morgan fingerprint density at radius 2 is 1.83 bits per heavy atom. The summed E-state index contributed by atoms with van der Waals surface area (Å²) in [4.78, 5) is 29.9. The molecule has 126 valence electrons. The molecule has 0 aliphatic heterocycles. The summed E-state index contributed by atoms with van der Waals surface area (Å²) in [5.74, 6) is -0.282. The molecule has 0 fully saturated rings. The molecule has 0 spiro atoms. The quantitative estimate of drug-likeness (QED) is 0.885. The second-order valence-corrected chi connectivity index (χ2v) is 5.96. The molecule has 1 aromatic heterocycles. The van der Waals surface area contributed by atoms with E-state index in [4.69, 9.17) is 0 Å². The van der Waals surface area contributed by atoms with Crippen molar-refractivity contribution in [2.45, 2.75) is 13.8 Å². The number of likely N-dealkylation sites (N-methyl/N-ethyl adjacent to an activating group) is 1. The highest BCUT2D eigenvalue weighted by atomic mass is 16.2. The minimum atomic E-state index is -0.204. The topological polar surface area (TPSA) is 74.3 Å². The summed E-state index contributed by atoms with van der Waals surface area (Å²) < 4.78 is 0. The van der Waals surface area contributed by atoms with Crippen molar-refractivity contribution in [3.63, 3.8) is 0 Å². The Kier molecular flexibility index (Phi) is 5.65. The SMILES string of the molecule is Cc1cc(NC(=O)c2cnccc2C)ccc1NC(=O)CN(C)C. The number of hydrogen-bond acceptors (Lipinski definition) is 4. The van der Waals surface area contributed by atoms with Crippen LogP contribution in [0.25, 0.3) is 0 Å². The molecule has 0 saturated carbocycles. The number of pyridine rings is 1. The zero-order chi connectivity index (χ0) is 17.7. The molecule has 0 saturated heterocycles. The number of aryl methyl sites for hydroxylation is 2. The van der Waals surface area contributed by atoms with Gasteiger partial charge in [0.05, 0.1) is 12.1 Å². The first-order chi connectivity index (χ1) is 11.4. The number of hydrogen-bond donors (Lipinski definition) is 2. The summed E-state index contributed by atoms with van der Waals surface area (Å²) in [6.45, 7) is 4.07. The lowest BCUT2D eigenvalue weighted by Crippen LogP contribution is -2.27. The molecule has 2 aromatic rings. The van der Waals surface area contributed by atoms with Gasteiger partial charge in [0.2, 0.25) is 5.91 Å². The minimum absolute atomic E-state index is 0.0779. The van der Waals surface area contributed by atoms with E-state index in [-0.39, 0.29) is 11.8 Å². The Bertz CT molecular complexity index is 756. The van der Waals surface area contributed by atoms with E-state index in [1.165, 1.54) is 0 Å². The standard InChI is InChI=1S/C18H22N4O2/c1-12-7-8-19-10-15(12)18(24)20-14-5-6-16(13(2)9-14)21-17(23)11-22(3)4/h5-10H,11H2,1-4H3,(H,20,24)(H,21,23). The third kappa shape index (κ3) is 4.63. The van der Waals surface area contributed by atoms with E-state index in [2.05, 4.69) is 15.6 Å². The highest BCUT2D eigenvalue weighted by Crippen LogP contribution is 2.20. The van der Waals surface area contributed by atoms with Gasteiger partial charge in [-0.25, -0.2) is 0 Å². The van der Waals surface area contributed by atoms with Crippen molar-refractivity contribution < 1.29 is 9.59 Å².